The van der Waals surface area contributed by atoms with Gasteiger partial charge in [0, 0.05) is 25.1 Å². The molecule has 0 fully saturated rings. The third kappa shape index (κ3) is 2.37. The Hall–Kier alpha value is -1.69. The van der Waals surface area contributed by atoms with Crippen LogP contribution < -0.4 is 0 Å². The molecule has 4 rings (SSSR count). The molecule has 112 valence electrons. The van der Waals surface area contributed by atoms with Crippen LogP contribution in [0.1, 0.15) is 48.6 Å². The molecular weight excluding hydrogens is 266 g/mol. The molecule has 1 atom stereocenters. The number of aromatic nitrogens is 5. The SMILES string of the molecule is O[C@@H]1CCc2cnn(Cc3nnc4n3CCCCC4)c2C1. The highest BCUT2D eigenvalue weighted by Crippen LogP contribution is 2.22. The summed E-state index contributed by atoms with van der Waals surface area (Å²) in [6, 6.07) is 0. The van der Waals surface area contributed by atoms with Crippen molar-refractivity contribution in [3.8, 4) is 0 Å². The van der Waals surface area contributed by atoms with Crippen molar-refractivity contribution in [3.63, 3.8) is 0 Å². The number of aryl methyl sites for hydroxylation is 2. The van der Waals surface area contributed by atoms with E-state index in [2.05, 4.69) is 19.9 Å². The summed E-state index contributed by atoms with van der Waals surface area (Å²) in [4.78, 5) is 0. The van der Waals surface area contributed by atoms with Crippen molar-refractivity contribution in [1.29, 1.82) is 0 Å². The van der Waals surface area contributed by atoms with Gasteiger partial charge in [-0.1, -0.05) is 6.42 Å². The Bertz CT molecular complexity index is 633. The summed E-state index contributed by atoms with van der Waals surface area (Å²) in [5.74, 6) is 2.11. The van der Waals surface area contributed by atoms with Crippen molar-refractivity contribution >= 4 is 0 Å². The van der Waals surface area contributed by atoms with E-state index in [1.54, 1.807) is 0 Å². The van der Waals surface area contributed by atoms with Gasteiger partial charge in [0.15, 0.2) is 5.82 Å². The molecule has 0 saturated carbocycles. The summed E-state index contributed by atoms with van der Waals surface area (Å²) in [5, 5.41) is 23.1. The Labute approximate surface area is 123 Å². The first-order valence-electron chi connectivity index (χ1n) is 7.94. The topological polar surface area (TPSA) is 68.8 Å². The lowest BCUT2D eigenvalue weighted by atomic mass is 9.96. The van der Waals surface area contributed by atoms with Gasteiger partial charge in [-0.3, -0.25) is 4.68 Å². The molecule has 2 aromatic heterocycles. The fourth-order valence-electron chi connectivity index (χ4n) is 3.47. The summed E-state index contributed by atoms with van der Waals surface area (Å²) in [7, 11) is 0. The monoisotopic (exact) mass is 287 g/mol. The zero-order chi connectivity index (χ0) is 14.2. The highest BCUT2D eigenvalue weighted by molar-refractivity contribution is 5.22. The summed E-state index contributed by atoms with van der Waals surface area (Å²) < 4.78 is 4.26. The normalized spacial score (nSPS) is 21.7. The quantitative estimate of drug-likeness (QED) is 0.898. The van der Waals surface area contributed by atoms with Gasteiger partial charge in [-0.15, -0.1) is 10.2 Å². The number of fused-ring (bicyclic) bond motifs is 2. The first kappa shape index (κ1) is 13.0. The number of nitrogens with zero attached hydrogens (tertiary/aromatic N) is 5. The van der Waals surface area contributed by atoms with Gasteiger partial charge < -0.3 is 9.67 Å². The lowest BCUT2D eigenvalue weighted by molar-refractivity contribution is 0.155. The average Bonchev–Trinajstić information content (AvgIpc) is 2.96. The maximum atomic E-state index is 9.88. The van der Waals surface area contributed by atoms with Crippen molar-refractivity contribution in [2.24, 2.45) is 0 Å². The zero-order valence-electron chi connectivity index (χ0n) is 12.2. The van der Waals surface area contributed by atoms with Crippen LogP contribution in [0.15, 0.2) is 6.20 Å². The van der Waals surface area contributed by atoms with Gasteiger partial charge in [0.1, 0.15) is 12.4 Å². The molecule has 2 aliphatic rings. The zero-order valence-corrected chi connectivity index (χ0v) is 12.2. The van der Waals surface area contributed by atoms with Crippen LogP contribution in [-0.4, -0.2) is 35.8 Å². The minimum absolute atomic E-state index is 0.233. The van der Waals surface area contributed by atoms with Crippen LogP contribution >= 0.6 is 0 Å². The average molecular weight is 287 g/mol. The number of hydrogen-bond acceptors (Lipinski definition) is 4. The van der Waals surface area contributed by atoms with Gasteiger partial charge in [-0.2, -0.15) is 5.10 Å². The summed E-state index contributed by atoms with van der Waals surface area (Å²) in [6.07, 6.45) is 8.90. The fraction of sp³-hybridized carbons (Fsp3) is 0.667. The van der Waals surface area contributed by atoms with E-state index >= 15 is 0 Å². The Morgan fingerprint density at radius 2 is 2.14 bits per heavy atom. The molecule has 21 heavy (non-hydrogen) atoms. The summed E-state index contributed by atoms with van der Waals surface area (Å²) in [5.41, 5.74) is 2.44. The second kappa shape index (κ2) is 5.26. The van der Waals surface area contributed by atoms with E-state index in [0.717, 1.165) is 37.5 Å². The van der Waals surface area contributed by atoms with Crippen LogP contribution in [0.5, 0.6) is 0 Å². The molecule has 0 saturated heterocycles. The predicted molar refractivity (Wildman–Crippen MR) is 76.9 cm³/mol. The van der Waals surface area contributed by atoms with Crippen molar-refractivity contribution in [2.75, 3.05) is 0 Å². The second-order valence-electron chi connectivity index (χ2n) is 6.17. The Morgan fingerprint density at radius 3 is 3.10 bits per heavy atom. The molecule has 0 spiro atoms. The van der Waals surface area contributed by atoms with Crippen molar-refractivity contribution in [3.05, 3.63) is 29.1 Å². The van der Waals surface area contributed by atoms with Crippen molar-refractivity contribution in [2.45, 2.75) is 64.1 Å². The van der Waals surface area contributed by atoms with E-state index in [0.29, 0.717) is 13.0 Å². The van der Waals surface area contributed by atoms with Crippen LogP contribution in [0.25, 0.3) is 0 Å². The minimum Gasteiger partial charge on any atom is -0.393 e. The molecule has 6 heteroatoms. The van der Waals surface area contributed by atoms with E-state index in [9.17, 15) is 5.11 Å². The number of hydrogen-bond donors (Lipinski definition) is 1. The lowest BCUT2D eigenvalue weighted by Crippen LogP contribution is -2.22. The third-order valence-corrected chi connectivity index (χ3v) is 4.69. The highest BCUT2D eigenvalue weighted by atomic mass is 16.3. The molecule has 1 aliphatic heterocycles. The predicted octanol–water partition coefficient (Wildman–Crippen LogP) is 1.10. The first-order valence-corrected chi connectivity index (χ1v) is 7.94. The Morgan fingerprint density at radius 1 is 1.19 bits per heavy atom. The van der Waals surface area contributed by atoms with Crippen molar-refractivity contribution in [1.82, 2.24) is 24.5 Å². The van der Waals surface area contributed by atoms with Crippen LogP contribution in [0.2, 0.25) is 0 Å². The van der Waals surface area contributed by atoms with Gasteiger partial charge in [0.2, 0.25) is 0 Å². The van der Waals surface area contributed by atoms with Gasteiger partial charge >= 0.3 is 0 Å². The molecule has 0 radical (unpaired) electrons. The summed E-state index contributed by atoms with van der Waals surface area (Å²) in [6.45, 7) is 1.68. The summed E-state index contributed by atoms with van der Waals surface area (Å²) >= 11 is 0. The van der Waals surface area contributed by atoms with Gasteiger partial charge in [0.25, 0.3) is 0 Å². The first-order chi connectivity index (χ1) is 10.3. The van der Waals surface area contributed by atoms with Crippen LogP contribution in [0, 0.1) is 0 Å². The van der Waals surface area contributed by atoms with Gasteiger partial charge in [-0.25, -0.2) is 0 Å². The standard InChI is InChI=1S/C15H21N5O/c21-12-6-5-11-9-16-20(13(11)8-12)10-15-18-17-14-4-2-1-3-7-19(14)15/h9,12,21H,1-8,10H2/t12-/m1/s1. The molecule has 0 bridgehead atoms. The maximum Gasteiger partial charge on any atom is 0.154 e. The fourth-order valence-corrected chi connectivity index (χ4v) is 3.47. The van der Waals surface area contributed by atoms with E-state index in [1.165, 1.54) is 30.5 Å². The Kier molecular flexibility index (Phi) is 3.25. The van der Waals surface area contributed by atoms with Crippen LogP contribution in [-0.2, 0) is 32.4 Å². The molecule has 3 heterocycles. The largest absolute Gasteiger partial charge is 0.393 e. The van der Waals surface area contributed by atoms with E-state index < -0.39 is 0 Å². The third-order valence-electron chi connectivity index (χ3n) is 4.69. The number of aliphatic hydroxyl groups is 1. The molecule has 6 nitrogen and oxygen atoms in total. The second-order valence-corrected chi connectivity index (χ2v) is 6.17. The maximum absolute atomic E-state index is 9.88. The Balaban J connectivity index is 1.62. The molecule has 2 aromatic rings. The lowest BCUT2D eigenvalue weighted by Gasteiger charge is -2.18. The smallest absolute Gasteiger partial charge is 0.154 e. The molecule has 1 aliphatic carbocycles. The van der Waals surface area contributed by atoms with Crippen molar-refractivity contribution < 1.29 is 5.11 Å². The molecule has 0 amide bonds. The highest BCUT2D eigenvalue weighted by Gasteiger charge is 2.22. The van der Waals surface area contributed by atoms with E-state index in [-0.39, 0.29) is 6.10 Å². The molecular formula is C15H21N5O. The number of aliphatic hydroxyl groups excluding tert-OH is 1. The van der Waals surface area contributed by atoms with Crippen LogP contribution in [0.3, 0.4) is 0 Å². The van der Waals surface area contributed by atoms with E-state index in [1.807, 2.05) is 10.9 Å². The molecule has 0 aromatic carbocycles. The van der Waals surface area contributed by atoms with Crippen LogP contribution in [0.4, 0.5) is 0 Å². The van der Waals surface area contributed by atoms with Gasteiger partial charge in [0.05, 0.1) is 12.3 Å². The minimum atomic E-state index is -0.233. The van der Waals surface area contributed by atoms with Gasteiger partial charge in [-0.05, 0) is 31.2 Å². The molecule has 0 unspecified atom stereocenters. The van der Waals surface area contributed by atoms with E-state index in [4.69, 9.17) is 0 Å². The number of rotatable bonds is 2. The molecule has 1 N–H and O–H groups in total.